The summed E-state index contributed by atoms with van der Waals surface area (Å²) in [6, 6.07) is 8.43. The lowest BCUT2D eigenvalue weighted by atomic mass is 10.0. The molecule has 0 unspecified atom stereocenters. The van der Waals surface area contributed by atoms with Crippen LogP contribution in [0.15, 0.2) is 30.3 Å². The molecular formula is C15H16ClFN2OS. The third kappa shape index (κ3) is 3.21. The molecule has 6 heteroatoms. The van der Waals surface area contributed by atoms with E-state index < -0.39 is 5.82 Å². The molecule has 0 bridgehead atoms. The Morgan fingerprint density at radius 1 is 1.24 bits per heavy atom. The van der Waals surface area contributed by atoms with Crippen LogP contribution < -0.4 is 5.32 Å². The van der Waals surface area contributed by atoms with E-state index in [0.717, 1.165) is 41.0 Å². The fraction of sp³-hybridized carbons (Fsp3) is 0.333. The third-order valence-corrected chi connectivity index (χ3v) is 4.95. The fourth-order valence-corrected chi connectivity index (χ4v) is 3.89. The van der Waals surface area contributed by atoms with Crippen LogP contribution in [0, 0.1) is 5.82 Å². The quantitative estimate of drug-likeness (QED) is 0.909. The molecule has 0 saturated carbocycles. The predicted molar refractivity (Wildman–Crippen MR) is 83.7 cm³/mol. The van der Waals surface area contributed by atoms with E-state index in [2.05, 4.69) is 10.2 Å². The highest BCUT2D eigenvalue weighted by molar-refractivity contribution is 7.16. The first kappa shape index (κ1) is 14.8. The molecule has 1 aromatic carbocycles. The van der Waals surface area contributed by atoms with Crippen LogP contribution in [0.5, 0.6) is 5.75 Å². The Morgan fingerprint density at radius 2 is 2.00 bits per heavy atom. The van der Waals surface area contributed by atoms with Crippen molar-refractivity contribution in [1.82, 2.24) is 10.2 Å². The molecule has 1 atom stereocenters. The number of phenols is 1. The average Bonchev–Trinajstić information content (AvgIpc) is 2.90. The molecule has 0 radical (unpaired) electrons. The van der Waals surface area contributed by atoms with Gasteiger partial charge in [0.05, 0.1) is 10.4 Å². The molecule has 0 amide bonds. The SMILES string of the molecule is Oc1ccc([C@@H](c2ccc(Cl)s2)N2CCNCC2)cc1F. The van der Waals surface area contributed by atoms with Crippen LogP contribution in [0.25, 0.3) is 0 Å². The number of nitrogens with zero attached hydrogens (tertiary/aromatic N) is 1. The van der Waals surface area contributed by atoms with E-state index in [4.69, 9.17) is 11.6 Å². The predicted octanol–water partition coefficient (Wildman–Crippen LogP) is 3.24. The van der Waals surface area contributed by atoms with Gasteiger partial charge in [0.15, 0.2) is 11.6 Å². The van der Waals surface area contributed by atoms with Gasteiger partial charge in [0.25, 0.3) is 0 Å². The van der Waals surface area contributed by atoms with Crippen LogP contribution in [0.1, 0.15) is 16.5 Å². The van der Waals surface area contributed by atoms with Gasteiger partial charge < -0.3 is 10.4 Å². The van der Waals surface area contributed by atoms with E-state index in [0.29, 0.717) is 0 Å². The molecule has 21 heavy (non-hydrogen) atoms. The summed E-state index contributed by atoms with van der Waals surface area (Å²) in [6.07, 6.45) is 0. The van der Waals surface area contributed by atoms with E-state index in [9.17, 15) is 9.50 Å². The van der Waals surface area contributed by atoms with E-state index in [1.165, 1.54) is 23.5 Å². The van der Waals surface area contributed by atoms with Crippen molar-refractivity contribution in [1.29, 1.82) is 0 Å². The van der Waals surface area contributed by atoms with Crippen LogP contribution in [0.3, 0.4) is 0 Å². The van der Waals surface area contributed by atoms with Gasteiger partial charge in [-0.3, -0.25) is 4.90 Å². The van der Waals surface area contributed by atoms with Crippen molar-refractivity contribution >= 4 is 22.9 Å². The monoisotopic (exact) mass is 326 g/mol. The summed E-state index contributed by atoms with van der Waals surface area (Å²) >= 11 is 7.57. The molecule has 112 valence electrons. The molecule has 2 aromatic rings. The first-order chi connectivity index (χ1) is 10.1. The number of nitrogens with one attached hydrogen (secondary N) is 1. The number of halogens is 2. The molecule has 1 aromatic heterocycles. The molecule has 1 aliphatic heterocycles. The molecule has 0 aliphatic carbocycles. The molecule has 2 heterocycles. The molecule has 1 aliphatic rings. The van der Waals surface area contributed by atoms with Gasteiger partial charge in [-0.1, -0.05) is 17.7 Å². The number of rotatable bonds is 3. The Labute approximate surface area is 132 Å². The lowest BCUT2D eigenvalue weighted by Crippen LogP contribution is -2.45. The van der Waals surface area contributed by atoms with Gasteiger partial charge in [-0.25, -0.2) is 4.39 Å². The van der Waals surface area contributed by atoms with Crippen molar-refractivity contribution in [2.24, 2.45) is 0 Å². The molecular weight excluding hydrogens is 311 g/mol. The highest BCUT2D eigenvalue weighted by atomic mass is 35.5. The van der Waals surface area contributed by atoms with Crippen LogP contribution in [0.2, 0.25) is 4.34 Å². The van der Waals surface area contributed by atoms with Crippen LogP contribution >= 0.6 is 22.9 Å². The summed E-state index contributed by atoms with van der Waals surface area (Å²) < 4.78 is 14.5. The lowest BCUT2D eigenvalue weighted by molar-refractivity contribution is 0.200. The summed E-state index contributed by atoms with van der Waals surface area (Å²) in [5.41, 5.74) is 0.839. The Morgan fingerprint density at radius 3 is 2.62 bits per heavy atom. The zero-order valence-corrected chi connectivity index (χ0v) is 12.9. The maximum Gasteiger partial charge on any atom is 0.165 e. The van der Waals surface area contributed by atoms with E-state index >= 15 is 0 Å². The second-order valence-corrected chi connectivity index (χ2v) is 6.79. The molecule has 1 fully saturated rings. The van der Waals surface area contributed by atoms with Gasteiger partial charge in [-0.15, -0.1) is 11.3 Å². The van der Waals surface area contributed by atoms with E-state index in [1.807, 2.05) is 12.1 Å². The van der Waals surface area contributed by atoms with E-state index in [1.54, 1.807) is 6.07 Å². The highest BCUT2D eigenvalue weighted by Crippen LogP contribution is 2.36. The van der Waals surface area contributed by atoms with Crippen molar-refractivity contribution in [2.45, 2.75) is 6.04 Å². The maximum absolute atomic E-state index is 13.7. The van der Waals surface area contributed by atoms with Gasteiger partial charge in [-0.05, 0) is 29.8 Å². The van der Waals surface area contributed by atoms with Crippen LogP contribution in [-0.2, 0) is 0 Å². The number of benzene rings is 1. The minimum absolute atomic E-state index is 0.0281. The lowest BCUT2D eigenvalue weighted by Gasteiger charge is -2.34. The number of hydrogen-bond acceptors (Lipinski definition) is 4. The van der Waals surface area contributed by atoms with Gasteiger partial charge in [0, 0.05) is 31.1 Å². The summed E-state index contributed by atoms with van der Waals surface area (Å²) in [6.45, 7) is 3.61. The number of hydrogen-bond donors (Lipinski definition) is 2. The molecule has 2 N–H and O–H groups in total. The van der Waals surface area contributed by atoms with Crippen molar-refractivity contribution in [3.63, 3.8) is 0 Å². The largest absolute Gasteiger partial charge is 0.505 e. The van der Waals surface area contributed by atoms with Gasteiger partial charge in [0.1, 0.15) is 0 Å². The number of phenolic OH excluding ortho intramolecular Hbond substituents is 1. The second kappa shape index (κ2) is 6.32. The number of aromatic hydroxyl groups is 1. The summed E-state index contributed by atoms with van der Waals surface area (Å²) in [7, 11) is 0. The average molecular weight is 327 g/mol. The molecule has 0 spiro atoms. The van der Waals surface area contributed by atoms with Crippen molar-refractivity contribution in [3.8, 4) is 5.75 Å². The summed E-state index contributed by atoms with van der Waals surface area (Å²) in [5.74, 6) is -0.905. The van der Waals surface area contributed by atoms with Crippen molar-refractivity contribution < 1.29 is 9.50 Å². The zero-order chi connectivity index (χ0) is 14.8. The molecule has 3 rings (SSSR count). The second-order valence-electron chi connectivity index (χ2n) is 5.04. The highest BCUT2D eigenvalue weighted by Gasteiger charge is 2.26. The van der Waals surface area contributed by atoms with E-state index in [-0.39, 0.29) is 11.8 Å². The number of piperazine rings is 1. The Kier molecular flexibility index (Phi) is 4.45. The first-order valence-electron chi connectivity index (χ1n) is 6.83. The Hall–Kier alpha value is -1.14. The van der Waals surface area contributed by atoms with Crippen LogP contribution in [0.4, 0.5) is 4.39 Å². The molecule has 3 nitrogen and oxygen atoms in total. The van der Waals surface area contributed by atoms with Crippen molar-refractivity contribution in [2.75, 3.05) is 26.2 Å². The summed E-state index contributed by atoms with van der Waals surface area (Å²) in [5, 5.41) is 12.7. The standard InChI is InChI=1S/C15H16ClFN2OS/c16-14-4-3-13(21-14)15(19-7-5-18-6-8-19)10-1-2-12(20)11(17)9-10/h1-4,9,15,18,20H,5-8H2/t15-/m0/s1. The van der Waals surface area contributed by atoms with Gasteiger partial charge in [0.2, 0.25) is 0 Å². The summed E-state index contributed by atoms with van der Waals surface area (Å²) in [4.78, 5) is 3.40. The van der Waals surface area contributed by atoms with Crippen molar-refractivity contribution in [3.05, 3.63) is 50.9 Å². The smallest absolute Gasteiger partial charge is 0.165 e. The van der Waals surface area contributed by atoms with Gasteiger partial charge in [-0.2, -0.15) is 0 Å². The fourth-order valence-electron chi connectivity index (χ4n) is 2.66. The first-order valence-corrected chi connectivity index (χ1v) is 8.03. The Bertz CT molecular complexity index is 628. The van der Waals surface area contributed by atoms with Crippen LogP contribution in [-0.4, -0.2) is 36.2 Å². The number of thiophene rings is 1. The molecule has 1 saturated heterocycles. The maximum atomic E-state index is 13.7. The zero-order valence-electron chi connectivity index (χ0n) is 11.4. The Balaban J connectivity index is 2.00. The minimum atomic E-state index is -0.588. The normalized spacial score (nSPS) is 17.8. The minimum Gasteiger partial charge on any atom is -0.505 e. The van der Waals surface area contributed by atoms with Gasteiger partial charge >= 0.3 is 0 Å². The third-order valence-electron chi connectivity index (χ3n) is 3.67. The topological polar surface area (TPSA) is 35.5 Å².